The molecule has 3 aromatic heterocycles. The van der Waals surface area contributed by atoms with E-state index in [-0.39, 0.29) is 22.6 Å². The van der Waals surface area contributed by atoms with Crippen LogP contribution in [0.1, 0.15) is 13.8 Å². The summed E-state index contributed by atoms with van der Waals surface area (Å²) in [7, 11) is 1.79. The van der Waals surface area contributed by atoms with Crippen LogP contribution in [0.5, 0.6) is 0 Å². The van der Waals surface area contributed by atoms with Crippen LogP contribution < -0.4 is 16.2 Å². The number of halogens is 5. The van der Waals surface area contributed by atoms with Crippen molar-refractivity contribution in [2.45, 2.75) is 26.1 Å². The topological polar surface area (TPSA) is 76.8 Å². The Hall–Kier alpha value is -4.12. The Kier molecular flexibility index (Phi) is 6.71. The highest BCUT2D eigenvalue weighted by atomic mass is 35.5. The number of pyridine rings is 2. The second-order valence-corrected chi connectivity index (χ2v) is 9.84. The number of nitrogens with one attached hydrogen (secondary N) is 2. The summed E-state index contributed by atoms with van der Waals surface area (Å²) < 4.78 is 56.8. The molecule has 0 amide bonds. The maximum atomic E-state index is 15.2. The minimum Gasteiger partial charge on any atom is -0.382 e. The average Bonchev–Trinajstić information content (AvgIpc) is 3.23. The second-order valence-electron chi connectivity index (χ2n) is 9.40. The van der Waals surface area contributed by atoms with Gasteiger partial charge in [0.05, 0.1) is 22.5 Å². The summed E-state index contributed by atoms with van der Waals surface area (Å²) in [5, 5.41) is 11.0. The van der Waals surface area contributed by atoms with Crippen LogP contribution in [-0.4, -0.2) is 38.1 Å². The molecule has 0 saturated heterocycles. The number of aryl methyl sites for hydroxylation is 1. The number of anilines is 2. The molecule has 0 saturated carbocycles. The molecule has 202 valence electrons. The normalized spacial score (nSPS) is 12.0. The zero-order valence-corrected chi connectivity index (χ0v) is 21.8. The number of nitrogens with zero attached hydrogens (tertiary/aromatic N) is 4. The summed E-state index contributed by atoms with van der Waals surface area (Å²) in [5.41, 5.74) is 1.66. The molecule has 0 spiro atoms. The van der Waals surface area contributed by atoms with Gasteiger partial charge in [0.25, 0.3) is 5.56 Å². The van der Waals surface area contributed by atoms with Crippen LogP contribution in [0.4, 0.5) is 29.1 Å². The minimum atomic E-state index is -4.60. The summed E-state index contributed by atoms with van der Waals surface area (Å²) in [4.78, 5) is 18.4. The van der Waals surface area contributed by atoms with Crippen molar-refractivity contribution in [3.8, 4) is 16.8 Å². The van der Waals surface area contributed by atoms with E-state index in [4.69, 9.17) is 11.6 Å². The maximum Gasteiger partial charge on any atom is 0.405 e. The van der Waals surface area contributed by atoms with Crippen LogP contribution in [0.25, 0.3) is 38.8 Å². The molecule has 5 aromatic rings. The van der Waals surface area contributed by atoms with Gasteiger partial charge in [-0.05, 0) is 61.9 Å². The van der Waals surface area contributed by atoms with E-state index in [0.29, 0.717) is 22.0 Å². The van der Waals surface area contributed by atoms with E-state index < -0.39 is 29.9 Å². The fourth-order valence-electron chi connectivity index (χ4n) is 4.43. The van der Waals surface area contributed by atoms with Gasteiger partial charge in [-0.15, -0.1) is 0 Å². The molecule has 0 atom stereocenters. The Balaban J connectivity index is 1.88. The Labute approximate surface area is 225 Å². The molecular formula is C27H23ClF4N6O. The Morgan fingerprint density at radius 2 is 1.79 bits per heavy atom. The van der Waals surface area contributed by atoms with Crippen LogP contribution in [-0.2, 0) is 7.05 Å². The summed E-state index contributed by atoms with van der Waals surface area (Å²) in [5.74, 6) is -1.62. The van der Waals surface area contributed by atoms with Gasteiger partial charge in [0, 0.05) is 35.1 Å². The van der Waals surface area contributed by atoms with Crippen LogP contribution in [0.3, 0.4) is 0 Å². The predicted octanol–water partition coefficient (Wildman–Crippen LogP) is 6.53. The first kappa shape index (κ1) is 26.5. The molecule has 0 aliphatic carbocycles. The predicted molar refractivity (Wildman–Crippen MR) is 145 cm³/mol. The monoisotopic (exact) mass is 558 g/mol. The van der Waals surface area contributed by atoms with Crippen molar-refractivity contribution in [3.63, 3.8) is 0 Å². The summed E-state index contributed by atoms with van der Waals surface area (Å²) in [6.07, 6.45) is -2.79. The van der Waals surface area contributed by atoms with Crippen LogP contribution in [0, 0.1) is 5.82 Å². The van der Waals surface area contributed by atoms with Crippen LogP contribution >= 0.6 is 11.6 Å². The highest BCUT2D eigenvalue weighted by molar-refractivity contribution is 6.30. The molecule has 0 radical (unpaired) electrons. The van der Waals surface area contributed by atoms with Crippen LogP contribution in [0.15, 0.2) is 59.5 Å². The van der Waals surface area contributed by atoms with Crippen LogP contribution in [0.2, 0.25) is 5.02 Å². The van der Waals surface area contributed by atoms with Gasteiger partial charge in [0.15, 0.2) is 17.3 Å². The van der Waals surface area contributed by atoms with Crippen molar-refractivity contribution in [3.05, 3.63) is 75.9 Å². The lowest BCUT2D eigenvalue weighted by molar-refractivity contribution is -0.115. The van der Waals surface area contributed by atoms with Gasteiger partial charge in [0.1, 0.15) is 6.54 Å². The quantitative estimate of drug-likeness (QED) is 0.232. The third-order valence-corrected chi connectivity index (χ3v) is 6.24. The van der Waals surface area contributed by atoms with Crippen molar-refractivity contribution in [2.75, 3.05) is 17.2 Å². The van der Waals surface area contributed by atoms with Gasteiger partial charge in [-0.25, -0.2) is 9.37 Å². The second kappa shape index (κ2) is 9.88. The van der Waals surface area contributed by atoms with Crippen molar-refractivity contribution >= 4 is 45.0 Å². The van der Waals surface area contributed by atoms with E-state index in [1.807, 2.05) is 31.4 Å². The fraction of sp³-hybridized carbons (Fsp3) is 0.222. The smallest absolute Gasteiger partial charge is 0.382 e. The number of fused-ring (bicyclic) bond motifs is 2. The van der Waals surface area contributed by atoms with Gasteiger partial charge in [-0.1, -0.05) is 17.7 Å². The molecule has 7 nitrogen and oxygen atoms in total. The van der Waals surface area contributed by atoms with E-state index in [2.05, 4.69) is 15.4 Å². The average molecular weight is 559 g/mol. The Morgan fingerprint density at radius 3 is 2.46 bits per heavy atom. The highest BCUT2D eigenvalue weighted by Gasteiger charge is 2.28. The van der Waals surface area contributed by atoms with Gasteiger partial charge < -0.3 is 10.6 Å². The molecule has 5 rings (SSSR count). The van der Waals surface area contributed by atoms with E-state index in [0.717, 1.165) is 17.0 Å². The molecule has 0 unspecified atom stereocenters. The highest BCUT2D eigenvalue weighted by Crippen LogP contribution is 2.36. The molecule has 12 heteroatoms. The number of rotatable bonds is 6. The SMILES string of the molecule is CC(C)Nc1c(-c2ccc3nn(C)cc3c2)c(=O)n(-c2ccc(Cl)cc2)c2nc(NCC(F)(F)F)c(F)cc12. The lowest BCUT2D eigenvalue weighted by atomic mass is 10.0. The van der Waals surface area contributed by atoms with E-state index in [9.17, 15) is 18.0 Å². The molecule has 2 N–H and O–H groups in total. The maximum absolute atomic E-state index is 15.2. The summed E-state index contributed by atoms with van der Waals surface area (Å²) in [6.45, 7) is 2.22. The Morgan fingerprint density at radius 1 is 1.08 bits per heavy atom. The standard InChI is InChI=1S/C27H23ClF4N6O/c1-14(2)34-23-19-11-20(29)24(33-13-27(30,31)32)35-25(19)38(18-7-5-17(28)6-8-18)26(39)22(23)15-4-9-21-16(10-15)12-37(3)36-21/h4-12,14,34H,13H2,1-3H3,(H,33,35). The number of benzene rings is 2. The zero-order valence-electron chi connectivity index (χ0n) is 21.1. The van der Waals surface area contributed by atoms with Crippen molar-refractivity contribution in [1.29, 1.82) is 0 Å². The molecule has 0 fully saturated rings. The first-order valence-corrected chi connectivity index (χ1v) is 12.3. The zero-order chi connectivity index (χ0) is 28.1. The lowest BCUT2D eigenvalue weighted by Crippen LogP contribution is -2.26. The molecule has 3 heterocycles. The third kappa shape index (κ3) is 5.26. The van der Waals surface area contributed by atoms with Crippen molar-refractivity contribution < 1.29 is 17.6 Å². The molecule has 39 heavy (non-hydrogen) atoms. The van der Waals surface area contributed by atoms with Gasteiger partial charge >= 0.3 is 6.18 Å². The molecule has 0 aliphatic rings. The van der Waals surface area contributed by atoms with E-state index in [1.165, 1.54) is 4.57 Å². The van der Waals surface area contributed by atoms with Gasteiger partial charge in [-0.2, -0.15) is 18.3 Å². The molecule has 0 aliphatic heterocycles. The third-order valence-electron chi connectivity index (χ3n) is 5.99. The van der Waals surface area contributed by atoms with E-state index >= 15 is 4.39 Å². The number of alkyl halides is 3. The number of hydrogen-bond donors (Lipinski definition) is 2. The largest absolute Gasteiger partial charge is 0.405 e. The Bertz CT molecular complexity index is 1760. The van der Waals surface area contributed by atoms with Gasteiger partial charge in [-0.3, -0.25) is 14.0 Å². The first-order chi connectivity index (χ1) is 18.4. The van der Waals surface area contributed by atoms with Crippen molar-refractivity contribution in [1.82, 2.24) is 19.3 Å². The lowest BCUT2D eigenvalue weighted by Gasteiger charge is -2.21. The van der Waals surface area contributed by atoms with E-state index in [1.54, 1.807) is 48.1 Å². The number of hydrogen-bond acceptors (Lipinski definition) is 5. The molecule has 0 bridgehead atoms. The summed E-state index contributed by atoms with van der Waals surface area (Å²) >= 11 is 6.07. The molecular weight excluding hydrogens is 536 g/mol. The number of aromatic nitrogens is 4. The first-order valence-electron chi connectivity index (χ1n) is 12.0. The molecule has 2 aromatic carbocycles. The fourth-order valence-corrected chi connectivity index (χ4v) is 4.56. The van der Waals surface area contributed by atoms with Crippen molar-refractivity contribution in [2.24, 2.45) is 7.05 Å². The minimum absolute atomic E-state index is 0.0252. The summed E-state index contributed by atoms with van der Waals surface area (Å²) in [6, 6.07) is 12.6. The van der Waals surface area contributed by atoms with Gasteiger partial charge in [0.2, 0.25) is 0 Å².